The number of fused-ring (bicyclic) bond motifs is 11. The van der Waals surface area contributed by atoms with Crippen molar-refractivity contribution in [2.24, 2.45) is 4.99 Å². The maximum atomic E-state index is 5.57. The fourth-order valence-electron chi connectivity index (χ4n) is 9.78. The predicted molar refractivity (Wildman–Crippen MR) is 257 cm³/mol. The second kappa shape index (κ2) is 13.4. The SMILES string of the molecule is C1=CC(c2cc3ccc4nc(-n5c6ccc(-c7cccc8c7c7ccccc7n8-c7ccccc7)cc6c6c7ccccc7ccc65)nc(-c5ccccc5)c4c3s2)CC=N1. The molecular formula is C55H35N5S. The first-order chi connectivity index (χ1) is 30.3. The molecule has 0 saturated carbocycles. The lowest BCUT2D eigenvalue weighted by Gasteiger charge is -2.13. The average Bonchev–Trinajstić information content (AvgIpc) is 4.02. The summed E-state index contributed by atoms with van der Waals surface area (Å²) in [5, 5.41) is 9.56. The van der Waals surface area contributed by atoms with E-state index in [-0.39, 0.29) is 0 Å². The number of aromatic nitrogens is 4. The average molecular weight is 798 g/mol. The molecule has 5 nitrogen and oxygen atoms in total. The van der Waals surface area contributed by atoms with Gasteiger partial charge in [0.2, 0.25) is 5.95 Å². The molecule has 12 aromatic rings. The molecule has 13 rings (SSSR count). The van der Waals surface area contributed by atoms with Gasteiger partial charge in [0.05, 0.1) is 33.3 Å². The van der Waals surface area contributed by atoms with Gasteiger partial charge in [0.15, 0.2) is 0 Å². The number of benzene rings is 8. The van der Waals surface area contributed by atoms with Crippen LogP contribution >= 0.6 is 11.3 Å². The number of thiophene rings is 1. The van der Waals surface area contributed by atoms with Gasteiger partial charge in [-0.15, -0.1) is 11.3 Å². The van der Waals surface area contributed by atoms with Gasteiger partial charge in [-0.3, -0.25) is 9.56 Å². The van der Waals surface area contributed by atoms with Crippen LogP contribution in [-0.2, 0) is 0 Å². The Morgan fingerprint density at radius 2 is 1.25 bits per heavy atom. The van der Waals surface area contributed by atoms with Crippen molar-refractivity contribution in [3.63, 3.8) is 0 Å². The van der Waals surface area contributed by atoms with E-state index in [1.54, 1.807) is 0 Å². The number of para-hydroxylation sites is 2. The Hall–Kier alpha value is -7.67. The summed E-state index contributed by atoms with van der Waals surface area (Å²) in [5.74, 6) is 0.974. The number of aliphatic imine (C=N–C) groups is 1. The quantitative estimate of drug-likeness (QED) is 0.174. The lowest BCUT2D eigenvalue weighted by atomic mass is 9.97. The molecule has 286 valence electrons. The van der Waals surface area contributed by atoms with Crippen LogP contribution in [0.5, 0.6) is 0 Å². The molecule has 0 radical (unpaired) electrons. The molecule has 1 unspecified atom stereocenters. The fraction of sp³-hybridized carbons (Fsp3) is 0.0364. The first-order valence-corrected chi connectivity index (χ1v) is 21.6. The van der Waals surface area contributed by atoms with E-state index >= 15 is 0 Å². The van der Waals surface area contributed by atoms with E-state index in [0.717, 1.165) is 45.3 Å². The molecular weight excluding hydrogens is 763 g/mol. The van der Waals surface area contributed by atoms with E-state index < -0.39 is 0 Å². The molecule has 0 bridgehead atoms. The molecule has 61 heavy (non-hydrogen) atoms. The number of hydrogen-bond acceptors (Lipinski definition) is 4. The number of allylic oxidation sites excluding steroid dienone is 1. The van der Waals surface area contributed by atoms with Crippen LogP contribution in [-0.4, -0.2) is 25.3 Å². The van der Waals surface area contributed by atoms with Crippen molar-refractivity contribution in [1.29, 1.82) is 0 Å². The van der Waals surface area contributed by atoms with E-state index in [2.05, 4.69) is 196 Å². The Morgan fingerprint density at radius 1 is 0.508 bits per heavy atom. The molecule has 5 heterocycles. The maximum Gasteiger partial charge on any atom is 0.235 e. The molecule has 1 aliphatic rings. The van der Waals surface area contributed by atoms with Gasteiger partial charge in [-0.25, -0.2) is 9.97 Å². The van der Waals surface area contributed by atoms with Gasteiger partial charge < -0.3 is 4.57 Å². The van der Waals surface area contributed by atoms with Crippen molar-refractivity contribution in [3.05, 3.63) is 193 Å². The van der Waals surface area contributed by atoms with Crippen molar-refractivity contribution in [1.82, 2.24) is 19.1 Å². The van der Waals surface area contributed by atoms with Crippen molar-refractivity contribution in [2.75, 3.05) is 0 Å². The second-order valence-electron chi connectivity index (χ2n) is 15.9. The van der Waals surface area contributed by atoms with E-state index in [1.807, 2.05) is 23.8 Å². The summed E-state index contributed by atoms with van der Waals surface area (Å²) < 4.78 is 5.89. The highest BCUT2D eigenvalue weighted by Crippen LogP contribution is 2.44. The normalized spacial score (nSPS) is 14.2. The van der Waals surface area contributed by atoms with Crippen LogP contribution in [0.15, 0.2) is 193 Å². The van der Waals surface area contributed by atoms with Gasteiger partial charge in [-0.2, -0.15) is 0 Å². The Labute approximate surface area is 354 Å². The molecule has 6 heteroatoms. The largest absolute Gasteiger partial charge is 0.309 e. The number of nitrogens with zero attached hydrogens (tertiary/aromatic N) is 5. The van der Waals surface area contributed by atoms with Crippen LogP contribution in [0.2, 0.25) is 0 Å². The van der Waals surface area contributed by atoms with Crippen LogP contribution < -0.4 is 0 Å². The highest BCUT2D eigenvalue weighted by atomic mass is 32.1. The van der Waals surface area contributed by atoms with E-state index in [1.165, 1.54) is 69.4 Å². The van der Waals surface area contributed by atoms with Crippen LogP contribution in [0.25, 0.3) is 109 Å². The van der Waals surface area contributed by atoms with Gasteiger partial charge in [0, 0.05) is 66.1 Å². The topological polar surface area (TPSA) is 48.0 Å². The number of rotatable bonds is 5. The summed E-state index contributed by atoms with van der Waals surface area (Å²) in [7, 11) is 0. The standard InChI is InChI=1S/C55H35N5S/c1-3-13-36(14-4-1)53-52-44(25-22-38-33-49(61-54(38)52)35-28-30-56-31-29-35)57-55(58-53)60-46-26-24-37(32-43(46)51-40-17-8-7-12-34(40)23-27-48(51)60)41-19-11-21-47-50(41)42-18-9-10-20-45(42)59(47)39-15-5-2-6-16-39/h1-28,30-33,35H,29H2. The first kappa shape index (κ1) is 34.2. The van der Waals surface area contributed by atoms with E-state index in [0.29, 0.717) is 11.9 Å². The summed E-state index contributed by atoms with van der Waals surface area (Å²) in [6, 6.07) is 63.7. The zero-order valence-corrected chi connectivity index (χ0v) is 33.7. The molecule has 4 aromatic heterocycles. The van der Waals surface area contributed by atoms with E-state index in [4.69, 9.17) is 9.97 Å². The van der Waals surface area contributed by atoms with Crippen LogP contribution in [0.1, 0.15) is 17.2 Å². The minimum absolute atomic E-state index is 0.317. The van der Waals surface area contributed by atoms with Crippen molar-refractivity contribution in [2.45, 2.75) is 12.3 Å². The molecule has 0 saturated heterocycles. The highest BCUT2D eigenvalue weighted by Gasteiger charge is 2.23. The smallest absolute Gasteiger partial charge is 0.235 e. The predicted octanol–water partition coefficient (Wildman–Crippen LogP) is 14.6. The Morgan fingerprint density at radius 3 is 2.11 bits per heavy atom. The minimum Gasteiger partial charge on any atom is -0.309 e. The zero-order valence-electron chi connectivity index (χ0n) is 32.9. The van der Waals surface area contributed by atoms with Crippen molar-refractivity contribution >= 4 is 92.9 Å². The third kappa shape index (κ3) is 5.22. The van der Waals surface area contributed by atoms with Crippen LogP contribution in [0.4, 0.5) is 0 Å². The van der Waals surface area contributed by atoms with Gasteiger partial charge in [0.25, 0.3) is 0 Å². The molecule has 0 aliphatic carbocycles. The Bertz CT molecular complexity index is 3800. The molecule has 0 amide bonds. The lowest BCUT2D eigenvalue weighted by Crippen LogP contribution is -2.03. The zero-order chi connectivity index (χ0) is 40.0. The van der Waals surface area contributed by atoms with Gasteiger partial charge >= 0.3 is 0 Å². The lowest BCUT2D eigenvalue weighted by molar-refractivity contribution is 0.910. The monoisotopic (exact) mass is 797 g/mol. The fourth-order valence-corrected chi connectivity index (χ4v) is 11.1. The minimum atomic E-state index is 0.317. The molecule has 1 aliphatic heterocycles. The van der Waals surface area contributed by atoms with Gasteiger partial charge in [-0.1, -0.05) is 127 Å². The van der Waals surface area contributed by atoms with E-state index in [9.17, 15) is 0 Å². The maximum absolute atomic E-state index is 5.57. The van der Waals surface area contributed by atoms with Crippen molar-refractivity contribution in [3.8, 4) is 34.0 Å². The molecule has 0 fully saturated rings. The summed E-state index contributed by atoms with van der Waals surface area (Å²) in [5.41, 5.74) is 11.0. The summed E-state index contributed by atoms with van der Waals surface area (Å²) in [6.45, 7) is 0. The molecule has 0 spiro atoms. The summed E-state index contributed by atoms with van der Waals surface area (Å²) >= 11 is 1.85. The van der Waals surface area contributed by atoms with Crippen molar-refractivity contribution < 1.29 is 0 Å². The summed E-state index contributed by atoms with van der Waals surface area (Å²) in [4.78, 5) is 16.7. The third-order valence-electron chi connectivity index (χ3n) is 12.5. The van der Waals surface area contributed by atoms with Crippen LogP contribution in [0.3, 0.4) is 0 Å². The first-order valence-electron chi connectivity index (χ1n) is 20.8. The molecule has 8 aromatic carbocycles. The highest BCUT2D eigenvalue weighted by molar-refractivity contribution is 7.20. The Balaban J connectivity index is 1.08. The Kier molecular flexibility index (Phi) is 7.53. The molecule has 0 N–H and O–H groups in total. The number of hydrogen-bond donors (Lipinski definition) is 0. The second-order valence-corrected chi connectivity index (χ2v) is 17.0. The third-order valence-corrected chi connectivity index (χ3v) is 13.8. The van der Waals surface area contributed by atoms with Crippen LogP contribution in [0, 0.1) is 0 Å². The van der Waals surface area contributed by atoms with Gasteiger partial charge in [-0.05, 0) is 88.3 Å². The molecule has 1 atom stereocenters. The summed E-state index contributed by atoms with van der Waals surface area (Å²) in [6.07, 6.45) is 7.05. The van der Waals surface area contributed by atoms with Gasteiger partial charge in [0.1, 0.15) is 0 Å².